The van der Waals surface area contributed by atoms with Crippen LogP contribution in [0.5, 0.6) is 0 Å². The Balaban J connectivity index is 1.73. The molecule has 0 amide bonds. The van der Waals surface area contributed by atoms with Crippen LogP contribution in [0.15, 0.2) is 0 Å². The molecule has 0 saturated carbocycles. The van der Waals surface area contributed by atoms with Gasteiger partial charge in [-0.15, -0.1) is 0 Å². The second-order valence-electron chi connectivity index (χ2n) is 4.33. The van der Waals surface area contributed by atoms with Gasteiger partial charge in [0.1, 0.15) is 0 Å². The highest BCUT2D eigenvalue weighted by Gasteiger charge is 2.22. The third kappa shape index (κ3) is 2.66. The molecule has 2 fully saturated rings. The summed E-state index contributed by atoms with van der Waals surface area (Å²) in [4.78, 5) is 2.41. The molecule has 0 aromatic carbocycles. The predicted molar refractivity (Wildman–Crippen MR) is 52.9 cm³/mol. The van der Waals surface area contributed by atoms with E-state index in [1.54, 1.807) is 0 Å². The van der Waals surface area contributed by atoms with Crippen LogP contribution < -0.4 is 5.32 Å². The van der Waals surface area contributed by atoms with Crippen LogP contribution in [0, 0.1) is 0 Å². The van der Waals surface area contributed by atoms with Crippen molar-refractivity contribution in [2.24, 2.45) is 0 Å². The normalized spacial score (nSPS) is 36.7. The Morgan fingerprint density at radius 2 is 2.23 bits per heavy atom. The van der Waals surface area contributed by atoms with Crippen LogP contribution in [0.4, 0.5) is 0 Å². The average molecular weight is 184 g/mol. The molecule has 76 valence electrons. The van der Waals surface area contributed by atoms with Gasteiger partial charge < -0.3 is 15.0 Å². The maximum Gasteiger partial charge on any atom is 0.0620 e. The lowest BCUT2D eigenvalue weighted by Crippen LogP contribution is -2.48. The largest absolute Gasteiger partial charge is 0.380 e. The molecule has 2 heterocycles. The molecule has 2 atom stereocenters. The molecule has 3 heteroatoms. The Bertz CT molecular complexity index is 157. The Morgan fingerprint density at radius 1 is 1.31 bits per heavy atom. The molecule has 0 aromatic rings. The quantitative estimate of drug-likeness (QED) is 0.675. The summed E-state index contributed by atoms with van der Waals surface area (Å²) in [5, 5.41) is 3.68. The molecule has 2 rings (SSSR count). The third-order valence-electron chi connectivity index (χ3n) is 3.03. The van der Waals surface area contributed by atoms with Crippen molar-refractivity contribution in [1.82, 2.24) is 10.2 Å². The van der Waals surface area contributed by atoms with Gasteiger partial charge in [-0.1, -0.05) is 0 Å². The molecule has 1 N–H and O–H groups in total. The first-order chi connectivity index (χ1) is 6.34. The van der Waals surface area contributed by atoms with Crippen molar-refractivity contribution in [2.45, 2.75) is 31.3 Å². The maximum absolute atomic E-state index is 5.35. The van der Waals surface area contributed by atoms with Crippen molar-refractivity contribution in [1.29, 1.82) is 0 Å². The minimum absolute atomic E-state index is 0.622. The van der Waals surface area contributed by atoms with Crippen LogP contribution in [-0.2, 0) is 4.74 Å². The Morgan fingerprint density at radius 3 is 2.92 bits per heavy atom. The van der Waals surface area contributed by atoms with Gasteiger partial charge in [0, 0.05) is 25.2 Å². The lowest BCUT2D eigenvalue weighted by molar-refractivity contribution is 0.177. The van der Waals surface area contributed by atoms with Crippen LogP contribution >= 0.6 is 0 Å². The highest BCUT2D eigenvalue weighted by atomic mass is 16.5. The van der Waals surface area contributed by atoms with E-state index in [4.69, 9.17) is 4.74 Å². The predicted octanol–water partition coefficient (Wildman–Crippen LogP) is 0.459. The molecule has 2 saturated heterocycles. The topological polar surface area (TPSA) is 24.5 Å². The minimum atomic E-state index is 0.622. The van der Waals surface area contributed by atoms with E-state index < -0.39 is 0 Å². The maximum atomic E-state index is 5.35. The molecule has 0 spiro atoms. The van der Waals surface area contributed by atoms with Crippen LogP contribution in [0.3, 0.4) is 0 Å². The van der Waals surface area contributed by atoms with E-state index in [0.717, 1.165) is 13.2 Å². The smallest absolute Gasteiger partial charge is 0.0620 e. The van der Waals surface area contributed by atoms with E-state index in [9.17, 15) is 0 Å². The fourth-order valence-corrected chi connectivity index (χ4v) is 2.30. The van der Waals surface area contributed by atoms with Gasteiger partial charge in [-0.2, -0.15) is 0 Å². The molecule has 2 aliphatic heterocycles. The molecule has 0 bridgehead atoms. The molecular weight excluding hydrogens is 164 g/mol. The molecule has 0 aliphatic carbocycles. The lowest BCUT2D eigenvalue weighted by Gasteiger charge is -2.31. The van der Waals surface area contributed by atoms with E-state index in [2.05, 4.69) is 17.3 Å². The number of rotatable bonds is 2. The summed E-state index contributed by atoms with van der Waals surface area (Å²) in [6.07, 6.45) is 3.86. The number of nitrogens with one attached hydrogen (secondary N) is 1. The summed E-state index contributed by atoms with van der Waals surface area (Å²) in [6.45, 7) is 4.33. The van der Waals surface area contributed by atoms with Crippen LogP contribution in [0.2, 0.25) is 0 Å². The van der Waals surface area contributed by atoms with Crippen LogP contribution in [0.25, 0.3) is 0 Å². The summed E-state index contributed by atoms with van der Waals surface area (Å²) >= 11 is 0. The van der Waals surface area contributed by atoms with Gasteiger partial charge in [0.05, 0.1) is 6.61 Å². The number of hydrogen-bond donors (Lipinski definition) is 1. The number of nitrogens with zero attached hydrogens (tertiary/aromatic N) is 1. The Hall–Kier alpha value is -0.120. The standard InChI is InChI=1S/C10H20N2O/c1-12-5-2-3-9(7-12)11-10-4-6-13-8-10/h9-11H,2-8H2,1H3. The zero-order valence-electron chi connectivity index (χ0n) is 8.46. The van der Waals surface area contributed by atoms with E-state index >= 15 is 0 Å². The SMILES string of the molecule is CN1CCCC(NC2CCOC2)C1. The number of likely N-dealkylation sites (tertiary alicyclic amines) is 1. The van der Waals surface area contributed by atoms with Gasteiger partial charge in [0.2, 0.25) is 0 Å². The van der Waals surface area contributed by atoms with Gasteiger partial charge in [0.25, 0.3) is 0 Å². The number of hydrogen-bond acceptors (Lipinski definition) is 3. The first kappa shape index (κ1) is 9.44. The number of ether oxygens (including phenoxy) is 1. The van der Waals surface area contributed by atoms with Crippen LogP contribution in [-0.4, -0.2) is 50.3 Å². The first-order valence-electron chi connectivity index (χ1n) is 5.37. The third-order valence-corrected chi connectivity index (χ3v) is 3.03. The van der Waals surface area contributed by atoms with Gasteiger partial charge in [0.15, 0.2) is 0 Å². The van der Waals surface area contributed by atoms with Crippen molar-refractivity contribution < 1.29 is 4.74 Å². The van der Waals surface area contributed by atoms with Gasteiger partial charge in [-0.05, 0) is 32.9 Å². The Kier molecular flexibility index (Phi) is 3.19. The van der Waals surface area contributed by atoms with E-state index in [1.165, 1.54) is 32.4 Å². The Labute approximate surface area is 80.4 Å². The summed E-state index contributed by atoms with van der Waals surface area (Å²) in [6, 6.07) is 1.32. The lowest BCUT2D eigenvalue weighted by atomic mass is 10.1. The first-order valence-corrected chi connectivity index (χ1v) is 5.37. The highest BCUT2D eigenvalue weighted by Crippen LogP contribution is 2.11. The highest BCUT2D eigenvalue weighted by molar-refractivity contribution is 4.81. The summed E-state index contributed by atoms with van der Waals surface area (Å²) in [5.74, 6) is 0. The zero-order chi connectivity index (χ0) is 9.10. The average Bonchev–Trinajstić information content (AvgIpc) is 2.57. The van der Waals surface area contributed by atoms with E-state index in [0.29, 0.717) is 12.1 Å². The molecular formula is C10H20N2O. The second kappa shape index (κ2) is 4.40. The summed E-state index contributed by atoms with van der Waals surface area (Å²) in [7, 11) is 2.21. The van der Waals surface area contributed by atoms with E-state index in [-0.39, 0.29) is 0 Å². The van der Waals surface area contributed by atoms with Crippen molar-refractivity contribution in [2.75, 3.05) is 33.4 Å². The van der Waals surface area contributed by atoms with Crippen molar-refractivity contribution in [3.8, 4) is 0 Å². The van der Waals surface area contributed by atoms with Gasteiger partial charge >= 0.3 is 0 Å². The van der Waals surface area contributed by atoms with Gasteiger partial charge in [-0.3, -0.25) is 0 Å². The molecule has 13 heavy (non-hydrogen) atoms. The molecule has 2 aliphatic rings. The second-order valence-corrected chi connectivity index (χ2v) is 4.33. The summed E-state index contributed by atoms with van der Waals surface area (Å²) in [5.41, 5.74) is 0. The zero-order valence-corrected chi connectivity index (χ0v) is 8.46. The molecule has 0 radical (unpaired) electrons. The number of piperidine rings is 1. The van der Waals surface area contributed by atoms with Crippen LogP contribution in [0.1, 0.15) is 19.3 Å². The molecule has 0 aromatic heterocycles. The van der Waals surface area contributed by atoms with Crippen molar-refractivity contribution in [3.05, 3.63) is 0 Å². The fraction of sp³-hybridized carbons (Fsp3) is 1.00. The summed E-state index contributed by atoms with van der Waals surface area (Å²) < 4.78 is 5.35. The minimum Gasteiger partial charge on any atom is -0.380 e. The fourth-order valence-electron chi connectivity index (χ4n) is 2.30. The number of likely N-dealkylation sites (N-methyl/N-ethyl adjacent to an activating group) is 1. The van der Waals surface area contributed by atoms with E-state index in [1.807, 2.05) is 0 Å². The van der Waals surface area contributed by atoms with Crippen molar-refractivity contribution >= 4 is 0 Å². The van der Waals surface area contributed by atoms with Gasteiger partial charge in [-0.25, -0.2) is 0 Å². The monoisotopic (exact) mass is 184 g/mol. The van der Waals surface area contributed by atoms with Crippen molar-refractivity contribution in [3.63, 3.8) is 0 Å². The molecule has 2 unspecified atom stereocenters. The molecule has 3 nitrogen and oxygen atoms in total.